The quantitative estimate of drug-likeness (QED) is 0.626. The molecule has 2 amide bonds. The van der Waals surface area contributed by atoms with Gasteiger partial charge in [-0.05, 0) is 30.3 Å². The lowest BCUT2D eigenvalue weighted by Crippen LogP contribution is -2.36. The fourth-order valence-electron chi connectivity index (χ4n) is 2.15. The molecule has 3 N–H and O–H groups in total. The van der Waals surface area contributed by atoms with Gasteiger partial charge in [0.2, 0.25) is 5.91 Å². The fourth-order valence-corrected chi connectivity index (χ4v) is 2.15. The van der Waals surface area contributed by atoms with E-state index in [1.807, 2.05) is 49.4 Å². The van der Waals surface area contributed by atoms with Crippen LogP contribution in [-0.4, -0.2) is 31.5 Å². The van der Waals surface area contributed by atoms with Gasteiger partial charge < -0.3 is 20.7 Å². The summed E-state index contributed by atoms with van der Waals surface area (Å²) in [6.45, 7) is 3.30. The zero-order valence-corrected chi connectivity index (χ0v) is 15.5. The molecule has 0 aliphatic carbocycles. The minimum Gasteiger partial charge on any atom is -0.484 e. The van der Waals surface area contributed by atoms with Crippen LogP contribution in [0.4, 0.5) is 5.69 Å². The van der Waals surface area contributed by atoms with Crippen molar-refractivity contribution in [3.8, 4) is 5.75 Å². The van der Waals surface area contributed by atoms with E-state index < -0.39 is 0 Å². The Morgan fingerprint density at radius 1 is 0.962 bits per heavy atom. The van der Waals surface area contributed by atoms with Crippen LogP contribution in [0.5, 0.6) is 5.75 Å². The summed E-state index contributed by atoms with van der Waals surface area (Å²) in [5.74, 6) is -0.0172. The Balaban J connectivity index is 0.00000338. The van der Waals surface area contributed by atoms with Crippen LogP contribution in [-0.2, 0) is 16.1 Å². The van der Waals surface area contributed by atoms with Gasteiger partial charge in [-0.3, -0.25) is 9.59 Å². The third kappa shape index (κ3) is 7.55. The lowest BCUT2D eigenvalue weighted by atomic mass is 10.1. The normalized spacial score (nSPS) is 9.73. The summed E-state index contributed by atoms with van der Waals surface area (Å²) in [6, 6.07) is 16.6. The van der Waals surface area contributed by atoms with Gasteiger partial charge in [-0.25, -0.2) is 0 Å². The SMILES string of the molecule is CCNCc1ccccc1NC(=O)CNC(=O)COc1ccccc1.Cl. The zero-order chi connectivity index (χ0) is 17.9. The Morgan fingerprint density at radius 2 is 1.65 bits per heavy atom. The van der Waals surface area contributed by atoms with E-state index in [1.54, 1.807) is 12.1 Å². The first-order chi connectivity index (χ1) is 12.2. The molecule has 2 aromatic carbocycles. The number of anilines is 1. The fraction of sp³-hybridized carbons (Fsp3) is 0.263. The van der Waals surface area contributed by atoms with E-state index >= 15 is 0 Å². The lowest BCUT2D eigenvalue weighted by Gasteiger charge is -2.12. The van der Waals surface area contributed by atoms with E-state index in [0.717, 1.165) is 17.8 Å². The van der Waals surface area contributed by atoms with Crippen molar-refractivity contribution >= 4 is 29.9 Å². The summed E-state index contributed by atoms with van der Waals surface area (Å²) < 4.78 is 5.33. The summed E-state index contributed by atoms with van der Waals surface area (Å²) in [4.78, 5) is 23.8. The molecule has 0 aliphatic heterocycles. The molecule has 0 saturated carbocycles. The Morgan fingerprint density at radius 3 is 2.38 bits per heavy atom. The molecule has 0 fully saturated rings. The maximum absolute atomic E-state index is 12.0. The highest BCUT2D eigenvalue weighted by atomic mass is 35.5. The van der Waals surface area contributed by atoms with Crippen LogP contribution >= 0.6 is 12.4 Å². The smallest absolute Gasteiger partial charge is 0.258 e. The van der Waals surface area contributed by atoms with Crippen molar-refractivity contribution in [3.05, 3.63) is 60.2 Å². The standard InChI is InChI=1S/C19H23N3O3.ClH/c1-2-20-12-15-8-6-7-11-17(15)22-18(23)13-21-19(24)14-25-16-9-4-3-5-10-16;/h3-11,20H,2,12-14H2,1H3,(H,21,24)(H,22,23);1H. The molecule has 2 rings (SSSR count). The van der Waals surface area contributed by atoms with E-state index in [2.05, 4.69) is 16.0 Å². The molecule has 26 heavy (non-hydrogen) atoms. The molecule has 140 valence electrons. The number of halogens is 1. The lowest BCUT2D eigenvalue weighted by molar-refractivity contribution is -0.125. The molecule has 6 nitrogen and oxygen atoms in total. The third-order valence-corrected chi connectivity index (χ3v) is 3.42. The number of para-hydroxylation sites is 2. The number of benzene rings is 2. The van der Waals surface area contributed by atoms with Gasteiger partial charge >= 0.3 is 0 Å². The molecular weight excluding hydrogens is 354 g/mol. The first kappa shape index (κ1) is 21.5. The number of amides is 2. The molecule has 0 bridgehead atoms. The van der Waals surface area contributed by atoms with Crippen LogP contribution in [0, 0.1) is 0 Å². The molecule has 0 radical (unpaired) electrons. The molecule has 2 aromatic rings. The highest BCUT2D eigenvalue weighted by Crippen LogP contribution is 2.14. The van der Waals surface area contributed by atoms with Crippen LogP contribution in [0.3, 0.4) is 0 Å². The Hall–Kier alpha value is -2.57. The van der Waals surface area contributed by atoms with Crippen LogP contribution in [0.15, 0.2) is 54.6 Å². The summed E-state index contributed by atoms with van der Waals surface area (Å²) >= 11 is 0. The first-order valence-corrected chi connectivity index (χ1v) is 8.22. The average Bonchev–Trinajstić information content (AvgIpc) is 2.65. The minimum absolute atomic E-state index is 0. The van der Waals surface area contributed by atoms with Crippen molar-refractivity contribution < 1.29 is 14.3 Å². The van der Waals surface area contributed by atoms with Gasteiger partial charge in [-0.1, -0.05) is 43.3 Å². The van der Waals surface area contributed by atoms with Gasteiger partial charge in [0.25, 0.3) is 5.91 Å². The second kappa shape index (κ2) is 11.9. The van der Waals surface area contributed by atoms with Crippen molar-refractivity contribution in [2.24, 2.45) is 0 Å². The van der Waals surface area contributed by atoms with Gasteiger partial charge in [0, 0.05) is 12.2 Å². The molecule has 0 aromatic heterocycles. The topological polar surface area (TPSA) is 79.5 Å². The van der Waals surface area contributed by atoms with Gasteiger partial charge in [-0.15, -0.1) is 12.4 Å². The largest absolute Gasteiger partial charge is 0.484 e. The number of hydrogen-bond acceptors (Lipinski definition) is 4. The van der Waals surface area contributed by atoms with E-state index in [0.29, 0.717) is 12.3 Å². The van der Waals surface area contributed by atoms with Gasteiger partial charge in [0.1, 0.15) is 5.75 Å². The molecular formula is C19H24ClN3O3. The number of hydrogen-bond donors (Lipinski definition) is 3. The predicted molar refractivity (Wildman–Crippen MR) is 105 cm³/mol. The maximum atomic E-state index is 12.0. The van der Waals surface area contributed by atoms with Gasteiger partial charge in [-0.2, -0.15) is 0 Å². The zero-order valence-electron chi connectivity index (χ0n) is 14.7. The van der Waals surface area contributed by atoms with E-state index in [1.165, 1.54) is 0 Å². The van der Waals surface area contributed by atoms with Crippen LogP contribution < -0.4 is 20.7 Å². The molecule has 0 unspecified atom stereocenters. The summed E-state index contributed by atoms with van der Waals surface area (Å²) in [5, 5.41) is 8.58. The van der Waals surface area contributed by atoms with Gasteiger partial charge in [0.05, 0.1) is 6.54 Å². The highest BCUT2D eigenvalue weighted by Gasteiger charge is 2.09. The van der Waals surface area contributed by atoms with Crippen molar-refractivity contribution in [1.29, 1.82) is 0 Å². The molecule has 0 saturated heterocycles. The predicted octanol–water partition coefficient (Wildman–Crippen LogP) is 2.35. The number of carbonyl (C=O) groups is 2. The monoisotopic (exact) mass is 377 g/mol. The third-order valence-electron chi connectivity index (χ3n) is 3.42. The summed E-state index contributed by atoms with van der Waals surface area (Å²) in [6.07, 6.45) is 0. The van der Waals surface area contributed by atoms with E-state index in [9.17, 15) is 9.59 Å². The second-order valence-corrected chi connectivity index (χ2v) is 5.36. The van der Waals surface area contributed by atoms with Crippen molar-refractivity contribution in [1.82, 2.24) is 10.6 Å². The van der Waals surface area contributed by atoms with E-state index in [4.69, 9.17) is 4.74 Å². The molecule has 0 heterocycles. The van der Waals surface area contributed by atoms with Crippen LogP contribution in [0.1, 0.15) is 12.5 Å². The molecule has 7 heteroatoms. The Labute approximate surface area is 159 Å². The molecule has 0 spiro atoms. The average molecular weight is 378 g/mol. The maximum Gasteiger partial charge on any atom is 0.258 e. The first-order valence-electron chi connectivity index (χ1n) is 8.22. The number of carbonyl (C=O) groups excluding carboxylic acids is 2. The van der Waals surface area contributed by atoms with E-state index in [-0.39, 0.29) is 37.4 Å². The number of ether oxygens (including phenoxy) is 1. The minimum atomic E-state index is -0.347. The number of rotatable bonds is 9. The van der Waals surface area contributed by atoms with Crippen LogP contribution in [0.2, 0.25) is 0 Å². The number of nitrogens with one attached hydrogen (secondary N) is 3. The van der Waals surface area contributed by atoms with Crippen molar-refractivity contribution in [3.63, 3.8) is 0 Å². The Kier molecular flexibility index (Phi) is 9.82. The molecule has 0 atom stereocenters. The molecule has 0 aliphatic rings. The second-order valence-electron chi connectivity index (χ2n) is 5.36. The Bertz CT molecular complexity index is 695. The summed E-state index contributed by atoms with van der Waals surface area (Å²) in [5.41, 5.74) is 1.74. The van der Waals surface area contributed by atoms with Crippen molar-refractivity contribution in [2.75, 3.05) is 25.0 Å². The van der Waals surface area contributed by atoms with Crippen molar-refractivity contribution in [2.45, 2.75) is 13.5 Å². The summed E-state index contributed by atoms with van der Waals surface area (Å²) in [7, 11) is 0. The van der Waals surface area contributed by atoms with Crippen LogP contribution in [0.25, 0.3) is 0 Å². The highest BCUT2D eigenvalue weighted by molar-refractivity contribution is 5.95. The van der Waals surface area contributed by atoms with Gasteiger partial charge in [0.15, 0.2) is 6.61 Å².